The molecule has 0 fully saturated rings. The van der Waals surface area contributed by atoms with E-state index in [0.29, 0.717) is 0 Å². The van der Waals surface area contributed by atoms with Gasteiger partial charge in [-0.1, -0.05) is 13.8 Å². The van der Waals surface area contributed by atoms with E-state index in [2.05, 4.69) is 18.0 Å². The normalized spacial score (nSPS) is 8.00. The summed E-state index contributed by atoms with van der Waals surface area (Å²) in [6.45, 7) is 8.12. The first-order valence-electron chi connectivity index (χ1n) is 3.40. The lowest BCUT2D eigenvalue weighted by molar-refractivity contribution is 1.26. The second-order valence-corrected chi connectivity index (χ2v) is 1.86. The molecule has 1 heteroatoms. The van der Waals surface area contributed by atoms with Crippen molar-refractivity contribution in [2.45, 2.75) is 27.7 Å². The van der Waals surface area contributed by atoms with Gasteiger partial charge >= 0.3 is 0 Å². The summed E-state index contributed by atoms with van der Waals surface area (Å²) in [6.07, 6.45) is 2.00. The van der Waals surface area contributed by atoms with Crippen molar-refractivity contribution in [3.63, 3.8) is 0 Å². The van der Waals surface area contributed by atoms with Crippen molar-refractivity contribution in [2.75, 3.05) is 0 Å². The van der Waals surface area contributed by atoms with Crippen LogP contribution in [0.3, 0.4) is 0 Å². The van der Waals surface area contributed by atoms with Crippen molar-refractivity contribution in [1.82, 2.24) is 4.98 Å². The Kier molecular flexibility index (Phi) is 3.85. The van der Waals surface area contributed by atoms with Gasteiger partial charge in [-0.25, -0.2) is 0 Å². The Labute approximate surface area is 57.1 Å². The van der Waals surface area contributed by atoms with E-state index in [1.807, 2.05) is 27.0 Å². The molecule has 1 aromatic rings. The fourth-order valence-corrected chi connectivity index (χ4v) is 0.653. The van der Waals surface area contributed by atoms with E-state index in [1.165, 1.54) is 11.3 Å². The molecule has 0 aliphatic rings. The average Bonchev–Trinajstić information content (AvgIpc) is 2.20. The van der Waals surface area contributed by atoms with Gasteiger partial charge in [0.15, 0.2) is 0 Å². The molecule has 0 unspecified atom stereocenters. The predicted molar refractivity (Wildman–Crippen MR) is 41.6 cm³/mol. The number of nitrogens with one attached hydrogen (secondary N) is 1. The Bertz CT molecular complexity index is 137. The highest BCUT2D eigenvalue weighted by Gasteiger charge is 1.82. The maximum atomic E-state index is 3.07. The summed E-state index contributed by atoms with van der Waals surface area (Å²) in [4.78, 5) is 3.07. The molecular formula is C8H15N. The molecule has 0 radical (unpaired) electrons. The van der Waals surface area contributed by atoms with E-state index in [4.69, 9.17) is 0 Å². The van der Waals surface area contributed by atoms with E-state index >= 15 is 0 Å². The molecule has 0 aromatic carbocycles. The van der Waals surface area contributed by atoms with Gasteiger partial charge in [-0.05, 0) is 25.5 Å². The summed E-state index contributed by atoms with van der Waals surface area (Å²) in [5.74, 6) is 0. The molecule has 0 bridgehead atoms. The lowest BCUT2D eigenvalue weighted by Crippen LogP contribution is -1.59. The van der Waals surface area contributed by atoms with Gasteiger partial charge < -0.3 is 4.98 Å². The lowest BCUT2D eigenvalue weighted by atomic mass is 10.4. The van der Waals surface area contributed by atoms with Crippen molar-refractivity contribution in [3.05, 3.63) is 23.5 Å². The van der Waals surface area contributed by atoms with Gasteiger partial charge in [0.25, 0.3) is 0 Å². The highest BCUT2D eigenvalue weighted by atomic mass is 14.7. The first-order valence-corrected chi connectivity index (χ1v) is 3.40. The number of hydrogen-bond acceptors (Lipinski definition) is 0. The largest absolute Gasteiger partial charge is 0.365 e. The molecule has 52 valence electrons. The zero-order chi connectivity index (χ0) is 7.28. The van der Waals surface area contributed by atoms with E-state index in [9.17, 15) is 0 Å². The summed E-state index contributed by atoms with van der Waals surface area (Å²) in [6, 6.07) is 2.11. The first-order chi connectivity index (χ1) is 4.29. The second kappa shape index (κ2) is 4.19. The summed E-state index contributed by atoms with van der Waals surface area (Å²) in [7, 11) is 0. The maximum absolute atomic E-state index is 3.07. The van der Waals surface area contributed by atoms with Gasteiger partial charge in [0.2, 0.25) is 0 Å². The van der Waals surface area contributed by atoms with Crippen LogP contribution in [0, 0.1) is 13.8 Å². The van der Waals surface area contributed by atoms with Crippen LogP contribution in [0.4, 0.5) is 0 Å². The molecule has 0 saturated heterocycles. The molecule has 0 spiro atoms. The van der Waals surface area contributed by atoms with Crippen LogP contribution in [-0.4, -0.2) is 4.98 Å². The zero-order valence-corrected chi connectivity index (χ0v) is 6.65. The van der Waals surface area contributed by atoms with Crippen LogP contribution < -0.4 is 0 Å². The predicted octanol–water partition coefficient (Wildman–Crippen LogP) is 2.66. The monoisotopic (exact) mass is 125 g/mol. The number of aromatic nitrogens is 1. The van der Waals surface area contributed by atoms with Gasteiger partial charge in [-0.2, -0.15) is 0 Å². The Morgan fingerprint density at radius 2 is 1.78 bits per heavy atom. The molecule has 0 saturated carbocycles. The van der Waals surface area contributed by atoms with E-state index < -0.39 is 0 Å². The van der Waals surface area contributed by atoms with Crippen LogP contribution in [0.2, 0.25) is 0 Å². The minimum Gasteiger partial charge on any atom is -0.365 e. The highest BCUT2D eigenvalue weighted by Crippen LogP contribution is 1.97. The minimum atomic E-state index is 1.23. The number of hydrogen-bond donors (Lipinski definition) is 1. The summed E-state index contributed by atoms with van der Waals surface area (Å²) >= 11 is 0. The van der Waals surface area contributed by atoms with Gasteiger partial charge in [-0.15, -0.1) is 0 Å². The molecule has 1 nitrogen and oxygen atoms in total. The minimum absolute atomic E-state index is 1.23. The van der Waals surface area contributed by atoms with Crippen LogP contribution in [0.15, 0.2) is 12.3 Å². The van der Waals surface area contributed by atoms with Gasteiger partial charge in [0.05, 0.1) is 0 Å². The fourth-order valence-electron chi connectivity index (χ4n) is 0.653. The summed E-state index contributed by atoms with van der Waals surface area (Å²) < 4.78 is 0. The van der Waals surface area contributed by atoms with Crippen LogP contribution in [0.1, 0.15) is 25.1 Å². The molecule has 1 rings (SSSR count). The van der Waals surface area contributed by atoms with Crippen LogP contribution in [0.5, 0.6) is 0 Å². The third-order valence-electron chi connectivity index (χ3n) is 0.972. The SMILES string of the molecule is CC.Cc1c[nH]c(C)c1. The van der Waals surface area contributed by atoms with Crippen LogP contribution in [0.25, 0.3) is 0 Å². The van der Waals surface area contributed by atoms with E-state index in [1.54, 1.807) is 0 Å². The lowest BCUT2D eigenvalue weighted by Gasteiger charge is -1.71. The fraction of sp³-hybridized carbons (Fsp3) is 0.500. The second-order valence-electron chi connectivity index (χ2n) is 1.86. The molecule has 1 N–H and O–H groups in total. The molecule has 1 aromatic heterocycles. The number of aryl methyl sites for hydroxylation is 2. The molecule has 0 aliphatic carbocycles. The molecule has 0 atom stereocenters. The van der Waals surface area contributed by atoms with Crippen LogP contribution >= 0.6 is 0 Å². The summed E-state index contributed by atoms with van der Waals surface area (Å²) in [5, 5.41) is 0. The van der Waals surface area contributed by atoms with Gasteiger partial charge in [-0.3, -0.25) is 0 Å². The molecular weight excluding hydrogens is 110 g/mol. The molecule has 0 amide bonds. The first kappa shape index (κ1) is 8.28. The van der Waals surface area contributed by atoms with Crippen molar-refractivity contribution in [1.29, 1.82) is 0 Å². The Balaban J connectivity index is 0.000000291. The highest BCUT2D eigenvalue weighted by molar-refractivity contribution is 5.12. The van der Waals surface area contributed by atoms with E-state index in [0.717, 1.165) is 0 Å². The summed E-state index contributed by atoms with van der Waals surface area (Å²) in [5.41, 5.74) is 2.54. The average molecular weight is 125 g/mol. The Hall–Kier alpha value is -0.720. The quantitative estimate of drug-likeness (QED) is 0.548. The standard InChI is InChI=1S/C6H9N.C2H6/c1-5-3-6(2)7-4-5;1-2/h3-4,7H,1-2H3;1-2H3. The van der Waals surface area contributed by atoms with Crippen molar-refractivity contribution < 1.29 is 0 Å². The topological polar surface area (TPSA) is 15.8 Å². The van der Waals surface area contributed by atoms with Gasteiger partial charge in [0, 0.05) is 11.9 Å². The number of rotatable bonds is 0. The van der Waals surface area contributed by atoms with E-state index in [-0.39, 0.29) is 0 Å². The number of aromatic amines is 1. The van der Waals surface area contributed by atoms with Crippen molar-refractivity contribution in [2.24, 2.45) is 0 Å². The third-order valence-corrected chi connectivity index (χ3v) is 0.972. The van der Waals surface area contributed by atoms with Crippen molar-refractivity contribution >= 4 is 0 Å². The van der Waals surface area contributed by atoms with Gasteiger partial charge in [0.1, 0.15) is 0 Å². The Morgan fingerprint density at radius 1 is 1.22 bits per heavy atom. The molecule has 1 heterocycles. The smallest absolute Gasteiger partial charge is 0.0118 e. The molecule has 0 aliphatic heterocycles. The zero-order valence-electron chi connectivity index (χ0n) is 6.65. The Morgan fingerprint density at radius 3 is 1.89 bits per heavy atom. The van der Waals surface area contributed by atoms with Crippen molar-refractivity contribution in [3.8, 4) is 0 Å². The molecule has 9 heavy (non-hydrogen) atoms. The number of H-pyrrole nitrogens is 1. The third kappa shape index (κ3) is 2.96. The maximum Gasteiger partial charge on any atom is 0.0118 e. The van der Waals surface area contributed by atoms with Crippen LogP contribution in [-0.2, 0) is 0 Å².